The lowest BCUT2D eigenvalue weighted by Crippen LogP contribution is -2.53. The highest BCUT2D eigenvalue weighted by atomic mass is 16.5. The van der Waals surface area contributed by atoms with Crippen LogP contribution in [0.4, 0.5) is 0 Å². The monoisotopic (exact) mass is 215 g/mol. The zero-order valence-electron chi connectivity index (χ0n) is 9.84. The molecular formula is C11H21NO3. The maximum atomic E-state index is 11.6. The zero-order valence-corrected chi connectivity index (χ0v) is 9.84. The van der Waals surface area contributed by atoms with E-state index < -0.39 is 5.54 Å². The molecule has 0 aliphatic heterocycles. The average Bonchev–Trinajstić information content (AvgIpc) is 3.01. The molecule has 0 aromatic heterocycles. The van der Waals surface area contributed by atoms with E-state index in [2.05, 4.69) is 5.32 Å². The molecule has 0 heterocycles. The molecule has 4 heteroatoms. The fourth-order valence-corrected chi connectivity index (χ4v) is 1.51. The number of nitrogens with one attached hydrogen (secondary N) is 1. The van der Waals surface area contributed by atoms with Gasteiger partial charge >= 0.3 is 5.97 Å². The second-order valence-electron chi connectivity index (χ2n) is 4.31. The normalized spacial score (nSPS) is 19.7. The Hall–Kier alpha value is -0.610. The van der Waals surface area contributed by atoms with E-state index in [9.17, 15) is 4.79 Å². The van der Waals surface area contributed by atoms with Crippen molar-refractivity contribution in [3.63, 3.8) is 0 Å². The molecule has 0 spiro atoms. The Morgan fingerprint density at radius 3 is 2.67 bits per heavy atom. The summed E-state index contributed by atoms with van der Waals surface area (Å²) in [7, 11) is 1.40. The molecule has 0 saturated heterocycles. The van der Waals surface area contributed by atoms with E-state index in [0.29, 0.717) is 12.5 Å². The topological polar surface area (TPSA) is 47.6 Å². The highest BCUT2D eigenvalue weighted by molar-refractivity contribution is 5.80. The molecular weight excluding hydrogens is 194 g/mol. The summed E-state index contributed by atoms with van der Waals surface area (Å²) in [5.74, 6) is 0.452. The Labute approximate surface area is 91.3 Å². The van der Waals surface area contributed by atoms with Crippen LogP contribution in [0.1, 0.15) is 26.7 Å². The Balaban J connectivity index is 2.35. The van der Waals surface area contributed by atoms with Crippen molar-refractivity contribution in [3.8, 4) is 0 Å². The van der Waals surface area contributed by atoms with Gasteiger partial charge in [0.25, 0.3) is 0 Å². The number of esters is 1. The number of rotatable bonds is 7. The smallest absolute Gasteiger partial charge is 0.328 e. The van der Waals surface area contributed by atoms with Crippen LogP contribution in [-0.2, 0) is 14.3 Å². The van der Waals surface area contributed by atoms with Crippen LogP contribution >= 0.6 is 0 Å². The fourth-order valence-electron chi connectivity index (χ4n) is 1.51. The molecule has 0 aromatic carbocycles. The minimum atomic E-state index is -0.710. The molecule has 4 nitrogen and oxygen atoms in total. The maximum Gasteiger partial charge on any atom is 0.328 e. The van der Waals surface area contributed by atoms with Gasteiger partial charge in [-0.2, -0.15) is 0 Å². The third-order valence-electron chi connectivity index (χ3n) is 2.64. The summed E-state index contributed by atoms with van der Waals surface area (Å²) in [5, 5.41) is 3.10. The van der Waals surface area contributed by atoms with E-state index in [1.165, 1.54) is 20.0 Å². The van der Waals surface area contributed by atoms with Gasteiger partial charge in [-0.1, -0.05) is 6.92 Å². The van der Waals surface area contributed by atoms with Crippen molar-refractivity contribution in [1.82, 2.24) is 5.32 Å². The molecule has 0 aromatic rings. The first-order valence-corrected chi connectivity index (χ1v) is 5.53. The number of hydrogen-bond donors (Lipinski definition) is 1. The molecule has 1 fully saturated rings. The van der Waals surface area contributed by atoms with Crippen LogP contribution < -0.4 is 5.32 Å². The molecule has 1 unspecified atom stereocenters. The summed E-state index contributed by atoms with van der Waals surface area (Å²) in [6.45, 7) is 5.64. The number of hydrogen-bond acceptors (Lipinski definition) is 4. The molecule has 1 aliphatic rings. The number of methoxy groups -OCH3 is 1. The Morgan fingerprint density at radius 1 is 1.53 bits per heavy atom. The van der Waals surface area contributed by atoms with Gasteiger partial charge in [-0.25, -0.2) is 4.79 Å². The molecule has 1 atom stereocenters. The van der Waals surface area contributed by atoms with Gasteiger partial charge in [0.2, 0.25) is 0 Å². The van der Waals surface area contributed by atoms with Gasteiger partial charge in [0.1, 0.15) is 5.54 Å². The van der Waals surface area contributed by atoms with Crippen LogP contribution in [0.2, 0.25) is 0 Å². The SMILES string of the molecule is CCNC(C)(COCC1CC1)C(=O)OC. The van der Waals surface area contributed by atoms with Crippen molar-refractivity contribution in [3.05, 3.63) is 0 Å². The Kier molecular flexibility index (Phi) is 4.54. The summed E-state index contributed by atoms with van der Waals surface area (Å²) in [5.41, 5.74) is -0.710. The van der Waals surface area contributed by atoms with Gasteiger partial charge < -0.3 is 14.8 Å². The standard InChI is InChI=1S/C11H21NO3/c1-4-12-11(2,10(13)14-3)8-15-7-9-5-6-9/h9,12H,4-8H2,1-3H3. The molecule has 15 heavy (non-hydrogen) atoms. The quantitative estimate of drug-likeness (QED) is 0.642. The summed E-state index contributed by atoms with van der Waals surface area (Å²) >= 11 is 0. The maximum absolute atomic E-state index is 11.6. The highest BCUT2D eigenvalue weighted by Gasteiger charge is 2.34. The van der Waals surface area contributed by atoms with Crippen LogP contribution in [-0.4, -0.2) is 38.4 Å². The zero-order chi connectivity index (χ0) is 11.3. The molecule has 0 bridgehead atoms. The summed E-state index contributed by atoms with van der Waals surface area (Å²) in [6.07, 6.45) is 2.52. The first kappa shape index (κ1) is 12.5. The van der Waals surface area contributed by atoms with E-state index in [-0.39, 0.29) is 5.97 Å². The second kappa shape index (κ2) is 5.47. The largest absolute Gasteiger partial charge is 0.468 e. The summed E-state index contributed by atoms with van der Waals surface area (Å²) < 4.78 is 10.3. The molecule has 1 saturated carbocycles. The predicted octanol–water partition coefficient (Wildman–Crippen LogP) is 0.954. The lowest BCUT2D eigenvalue weighted by molar-refractivity contribution is -0.150. The van der Waals surface area contributed by atoms with Crippen molar-refractivity contribution in [2.45, 2.75) is 32.2 Å². The van der Waals surface area contributed by atoms with E-state index in [1.54, 1.807) is 0 Å². The van der Waals surface area contributed by atoms with Crippen LogP contribution in [0.25, 0.3) is 0 Å². The van der Waals surface area contributed by atoms with Crippen LogP contribution in [0.3, 0.4) is 0 Å². The fraction of sp³-hybridized carbons (Fsp3) is 0.909. The highest BCUT2D eigenvalue weighted by Crippen LogP contribution is 2.29. The van der Waals surface area contributed by atoms with Crippen LogP contribution in [0.15, 0.2) is 0 Å². The molecule has 1 aliphatic carbocycles. The van der Waals surface area contributed by atoms with Gasteiger partial charge in [0.05, 0.1) is 13.7 Å². The molecule has 0 amide bonds. The summed E-state index contributed by atoms with van der Waals surface area (Å²) in [4.78, 5) is 11.6. The first-order chi connectivity index (χ1) is 7.12. The van der Waals surface area contributed by atoms with Crippen LogP contribution in [0.5, 0.6) is 0 Å². The third kappa shape index (κ3) is 3.80. The van der Waals surface area contributed by atoms with Crippen LogP contribution in [0, 0.1) is 5.92 Å². The number of carbonyl (C=O) groups is 1. The minimum Gasteiger partial charge on any atom is -0.468 e. The van der Waals surface area contributed by atoms with Crippen molar-refractivity contribution in [1.29, 1.82) is 0 Å². The van der Waals surface area contributed by atoms with Crippen molar-refractivity contribution >= 4 is 5.97 Å². The molecule has 88 valence electrons. The van der Waals surface area contributed by atoms with Crippen molar-refractivity contribution < 1.29 is 14.3 Å². The number of carbonyl (C=O) groups excluding carboxylic acids is 1. The summed E-state index contributed by atoms with van der Waals surface area (Å²) in [6, 6.07) is 0. The van der Waals surface area contributed by atoms with Gasteiger partial charge in [0, 0.05) is 6.61 Å². The lowest BCUT2D eigenvalue weighted by atomic mass is 10.0. The minimum absolute atomic E-state index is 0.264. The predicted molar refractivity (Wildman–Crippen MR) is 57.6 cm³/mol. The van der Waals surface area contributed by atoms with Crippen molar-refractivity contribution in [2.24, 2.45) is 5.92 Å². The van der Waals surface area contributed by atoms with Crippen molar-refractivity contribution in [2.75, 3.05) is 26.9 Å². The molecule has 1 N–H and O–H groups in total. The third-order valence-corrected chi connectivity index (χ3v) is 2.64. The van der Waals surface area contributed by atoms with E-state index in [0.717, 1.165) is 13.2 Å². The Bertz CT molecular complexity index is 216. The van der Waals surface area contributed by atoms with E-state index >= 15 is 0 Å². The van der Waals surface area contributed by atoms with E-state index in [1.807, 2.05) is 13.8 Å². The molecule has 0 radical (unpaired) electrons. The molecule has 1 rings (SSSR count). The Morgan fingerprint density at radius 2 is 2.20 bits per heavy atom. The number of ether oxygens (including phenoxy) is 2. The number of likely N-dealkylation sites (N-methyl/N-ethyl adjacent to an activating group) is 1. The van der Waals surface area contributed by atoms with Gasteiger partial charge in [-0.05, 0) is 32.2 Å². The average molecular weight is 215 g/mol. The van der Waals surface area contributed by atoms with Gasteiger partial charge in [-0.15, -0.1) is 0 Å². The lowest BCUT2D eigenvalue weighted by Gasteiger charge is -2.27. The van der Waals surface area contributed by atoms with E-state index in [4.69, 9.17) is 9.47 Å². The van der Waals surface area contributed by atoms with Gasteiger partial charge in [0.15, 0.2) is 0 Å². The first-order valence-electron chi connectivity index (χ1n) is 5.53. The second-order valence-corrected chi connectivity index (χ2v) is 4.31. The van der Waals surface area contributed by atoms with Gasteiger partial charge in [-0.3, -0.25) is 0 Å².